The van der Waals surface area contributed by atoms with Gasteiger partial charge in [-0.1, -0.05) is 15.9 Å². The van der Waals surface area contributed by atoms with Gasteiger partial charge in [0.2, 0.25) is 0 Å². The molecule has 0 saturated heterocycles. The molecule has 0 heterocycles. The van der Waals surface area contributed by atoms with Crippen LogP contribution in [0.25, 0.3) is 0 Å². The van der Waals surface area contributed by atoms with Gasteiger partial charge in [0.15, 0.2) is 11.5 Å². The Morgan fingerprint density at radius 3 is 2.75 bits per heavy atom. The summed E-state index contributed by atoms with van der Waals surface area (Å²) in [5.74, 6) is -0.348. The third kappa shape index (κ3) is 3.41. The highest BCUT2D eigenvalue weighted by Crippen LogP contribution is 2.32. The lowest BCUT2D eigenvalue weighted by molar-refractivity contribution is -0.137. The number of benzene rings is 1. The number of carboxylic acid groups (broad SMARTS) is 1. The molecule has 0 amide bonds. The number of halogens is 1. The van der Waals surface area contributed by atoms with Crippen molar-refractivity contribution in [3.63, 3.8) is 0 Å². The SMILES string of the molecule is COc1cc(Br)c(CCCC(=O)O)cc1O. The first-order chi connectivity index (χ1) is 7.54. The lowest BCUT2D eigenvalue weighted by Gasteiger charge is -2.08. The second kappa shape index (κ2) is 5.75. The molecule has 4 nitrogen and oxygen atoms in total. The summed E-state index contributed by atoms with van der Waals surface area (Å²) < 4.78 is 5.76. The number of carboxylic acids is 1. The van der Waals surface area contributed by atoms with E-state index in [2.05, 4.69) is 15.9 Å². The van der Waals surface area contributed by atoms with Crippen molar-refractivity contribution in [2.45, 2.75) is 19.3 Å². The molecule has 1 aromatic carbocycles. The van der Waals surface area contributed by atoms with E-state index in [1.807, 2.05) is 0 Å². The van der Waals surface area contributed by atoms with E-state index in [0.29, 0.717) is 18.6 Å². The minimum Gasteiger partial charge on any atom is -0.504 e. The first-order valence-electron chi connectivity index (χ1n) is 4.81. The molecule has 1 rings (SSSR count). The third-order valence-electron chi connectivity index (χ3n) is 2.18. The minimum absolute atomic E-state index is 0.0658. The number of aliphatic carboxylic acids is 1. The van der Waals surface area contributed by atoms with Crippen LogP contribution in [0.5, 0.6) is 11.5 Å². The van der Waals surface area contributed by atoms with Crippen molar-refractivity contribution in [1.29, 1.82) is 0 Å². The summed E-state index contributed by atoms with van der Waals surface area (Å²) >= 11 is 3.35. The Balaban J connectivity index is 2.73. The van der Waals surface area contributed by atoms with E-state index in [4.69, 9.17) is 9.84 Å². The monoisotopic (exact) mass is 288 g/mol. The molecule has 1 aromatic rings. The predicted octanol–water partition coefficient (Wildman–Crippen LogP) is 2.57. The van der Waals surface area contributed by atoms with Crippen LogP contribution >= 0.6 is 15.9 Å². The van der Waals surface area contributed by atoms with Gasteiger partial charge >= 0.3 is 5.97 Å². The molecule has 0 aliphatic rings. The van der Waals surface area contributed by atoms with Gasteiger partial charge < -0.3 is 14.9 Å². The van der Waals surface area contributed by atoms with Crippen molar-refractivity contribution in [1.82, 2.24) is 0 Å². The van der Waals surface area contributed by atoms with E-state index in [0.717, 1.165) is 10.0 Å². The standard InChI is InChI=1S/C11H13BrO4/c1-16-10-6-8(12)7(5-9(10)13)3-2-4-11(14)15/h5-6,13H,2-4H2,1H3,(H,14,15). The summed E-state index contributed by atoms with van der Waals surface area (Å²) in [6.45, 7) is 0. The molecular formula is C11H13BrO4. The largest absolute Gasteiger partial charge is 0.504 e. The Bertz CT molecular complexity index is 390. The molecule has 0 fully saturated rings. The fourth-order valence-electron chi connectivity index (χ4n) is 1.37. The van der Waals surface area contributed by atoms with Gasteiger partial charge in [0.25, 0.3) is 0 Å². The number of hydrogen-bond acceptors (Lipinski definition) is 3. The maximum Gasteiger partial charge on any atom is 0.303 e. The molecule has 0 radical (unpaired) electrons. The fraction of sp³-hybridized carbons (Fsp3) is 0.364. The van der Waals surface area contributed by atoms with Gasteiger partial charge in [0, 0.05) is 10.9 Å². The van der Waals surface area contributed by atoms with E-state index in [1.165, 1.54) is 7.11 Å². The van der Waals surface area contributed by atoms with Crippen molar-refractivity contribution in [2.24, 2.45) is 0 Å². The van der Waals surface area contributed by atoms with Crippen molar-refractivity contribution in [2.75, 3.05) is 7.11 Å². The zero-order chi connectivity index (χ0) is 12.1. The van der Waals surface area contributed by atoms with Crippen molar-refractivity contribution in [3.8, 4) is 11.5 Å². The lowest BCUT2D eigenvalue weighted by atomic mass is 10.1. The quantitative estimate of drug-likeness (QED) is 0.874. The van der Waals surface area contributed by atoms with Crippen LogP contribution in [0.2, 0.25) is 0 Å². The summed E-state index contributed by atoms with van der Waals surface area (Å²) in [6, 6.07) is 3.26. The molecule has 0 aliphatic heterocycles. The molecule has 0 aliphatic carbocycles. The first kappa shape index (κ1) is 12.8. The molecule has 2 N–H and O–H groups in total. The predicted molar refractivity (Wildman–Crippen MR) is 62.9 cm³/mol. The van der Waals surface area contributed by atoms with Crippen LogP contribution in [0.3, 0.4) is 0 Å². The topological polar surface area (TPSA) is 66.8 Å². The van der Waals surface area contributed by atoms with Gasteiger partial charge in [0.05, 0.1) is 7.11 Å². The molecule has 0 bridgehead atoms. The van der Waals surface area contributed by atoms with Crippen molar-refractivity contribution in [3.05, 3.63) is 22.2 Å². The third-order valence-corrected chi connectivity index (χ3v) is 2.92. The van der Waals surface area contributed by atoms with E-state index >= 15 is 0 Å². The van der Waals surface area contributed by atoms with E-state index < -0.39 is 5.97 Å². The number of ether oxygens (including phenoxy) is 1. The molecule has 88 valence electrons. The van der Waals surface area contributed by atoms with Gasteiger partial charge in [-0.05, 0) is 30.5 Å². The Morgan fingerprint density at radius 2 is 2.19 bits per heavy atom. The number of phenols is 1. The molecular weight excluding hydrogens is 276 g/mol. The number of phenolic OH excluding ortho intramolecular Hbond substituents is 1. The Kier molecular flexibility index (Phi) is 4.61. The molecule has 0 spiro atoms. The van der Waals surface area contributed by atoms with Crippen LogP contribution in [0.15, 0.2) is 16.6 Å². The maximum absolute atomic E-state index is 10.4. The van der Waals surface area contributed by atoms with Crippen LogP contribution in [-0.4, -0.2) is 23.3 Å². The minimum atomic E-state index is -0.811. The fourth-order valence-corrected chi connectivity index (χ4v) is 1.89. The van der Waals surface area contributed by atoms with Crippen molar-refractivity contribution < 1.29 is 19.7 Å². The van der Waals surface area contributed by atoms with Gasteiger partial charge in [-0.25, -0.2) is 0 Å². The second-order valence-corrected chi connectivity index (χ2v) is 4.22. The first-order valence-corrected chi connectivity index (χ1v) is 5.61. The average molecular weight is 289 g/mol. The summed E-state index contributed by atoms with van der Waals surface area (Å²) in [4.78, 5) is 10.4. The van der Waals surface area contributed by atoms with E-state index in [9.17, 15) is 9.90 Å². The molecule has 0 atom stereocenters. The molecule has 0 aromatic heterocycles. The average Bonchev–Trinajstić information content (AvgIpc) is 2.22. The number of methoxy groups -OCH3 is 1. The van der Waals surface area contributed by atoms with Crippen LogP contribution in [0, 0.1) is 0 Å². The highest BCUT2D eigenvalue weighted by atomic mass is 79.9. The zero-order valence-corrected chi connectivity index (χ0v) is 10.5. The Morgan fingerprint density at radius 1 is 1.50 bits per heavy atom. The van der Waals surface area contributed by atoms with Crippen LogP contribution in [0.1, 0.15) is 18.4 Å². The summed E-state index contributed by atoms with van der Waals surface area (Å²) in [5.41, 5.74) is 0.875. The zero-order valence-electron chi connectivity index (χ0n) is 8.86. The molecule has 16 heavy (non-hydrogen) atoms. The van der Waals surface area contributed by atoms with Gasteiger partial charge in [-0.2, -0.15) is 0 Å². The number of rotatable bonds is 5. The lowest BCUT2D eigenvalue weighted by Crippen LogP contribution is -1.96. The van der Waals surface area contributed by atoms with Crippen molar-refractivity contribution >= 4 is 21.9 Å². The van der Waals surface area contributed by atoms with Crippen LogP contribution < -0.4 is 4.74 Å². The number of aromatic hydroxyl groups is 1. The molecule has 0 saturated carbocycles. The van der Waals surface area contributed by atoms with Crippen LogP contribution in [0.4, 0.5) is 0 Å². The van der Waals surface area contributed by atoms with E-state index in [-0.39, 0.29) is 12.2 Å². The number of aryl methyl sites for hydroxylation is 1. The highest BCUT2D eigenvalue weighted by Gasteiger charge is 2.08. The summed E-state index contributed by atoms with van der Waals surface area (Å²) in [6.07, 6.45) is 1.27. The van der Waals surface area contributed by atoms with Gasteiger partial charge in [-0.3, -0.25) is 4.79 Å². The molecule has 5 heteroatoms. The maximum atomic E-state index is 10.4. The van der Waals surface area contributed by atoms with E-state index in [1.54, 1.807) is 12.1 Å². The normalized spacial score (nSPS) is 10.1. The smallest absolute Gasteiger partial charge is 0.303 e. The summed E-state index contributed by atoms with van der Waals surface area (Å²) in [5, 5.41) is 18.1. The second-order valence-electron chi connectivity index (χ2n) is 3.36. The molecule has 0 unspecified atom stereocenters. The van der Waals surface area contributed by atoms with Gasteiger partial charge in [0.1, 0.15) is 0 Å². The summed E-state index contributed by atoms with van der Waals surface area (Å²) in [7, 11) is 1.48. The Labute approximate surface area is 102 Å². The number of carbonyl (C=O) groups is 1. The van der Waals surface area contributed by atoms with Crippen LogP contribution in [-0.2, 0) is 11.2 Å². The van der Waals surface area contributed by atoms with Gasteiger partial charge in [-0.15, -0.1) is 0 Å². The highest BCUT2D eigenvalue weighted by molar-refractivity contribution is 9.10. The number of hydrogen-bond donors (Lipinski definition) is 2. The Hall–Kier alpha value is -1.23.